The van der Waals surface area contributed by atoms with Gasteiger partial charge in [-0.05, 0) is 31.4 Å². The highest BCUT2D eigenvalue weighted by atomic mass is 16.6. The first-order valence-corrected chi connectivity index (χ1v) is 6.28. The molecule has 0 bridgehead atoms. The second-order valence-electron chi connectivity index (χ2n) is 5.06. The number of benzene rings is 1. The Morgan fingerprint density at radius 2 is 2.28 bits per heavy atom. The summed E-state index contributed by atoms with van der Waals surface area (Å²) in [5, 5.41) is 10.9. The van der Waals surface area contributed by atoms with Gasteiger partial charge in [-0.25, -0.2) is 0 Å². The molecule has 1 aromatic rings. The highest BCUT2D eigenvalue weighted by molar-refractivity contribution is 5.68. The van der Waals surface area contributed by atoms with Crippen molar-refractivity contribution in [1.29, 1.82) is 0 Å². The van der Waals surface area contributed by atoms with E-state index in [0.717, 1.165) is 12.2 Å². The molecule has 1 heterocycles. The van der Waals surface area contributed by atoms with Gasteiger partial charge >= 0.3 is 0 Å². The molecule has 0 saturated heterocycles. The van der Waals surface area contributed by atoms with Gasteiger partial charge in [-0.3, -0.25) is 10.1 Å². The molecule has 5 heteroatoms. The summed E-state index contributed by atoms with van der Waals surface area (Å²) in [7, 11) is 0. The molecule has 1 fully saturated rings. The molecule has 0 radical (unpaired) electrons. The number of hydrogen-bond acceptors (Lipinski definition) is 4. The third-order valence-electron chi connectivity index (χ3n) is 3.90. The van der Waals surface area contributed by atoms with Crippen LogP contribution in [0.1, 0.15) is 25.3 Å². The van der Waals surface area contributed by atoms with E-state index in [-0.39, 0.29) is 16.0 Å². The van der Waals surface area contributed by atoms with Crippen LogP contribution in [0, 0.1) is 10.1 Å². The van der Waals surface area contributed by atoms with Crippen LogP contribution >= 0.6 is 0 Å². The van der Waals surface area contributed by atoms with E-state index in [2.05, 4.69) is 4.90 Å². The van der Waals surface area contributed by atoms with Crippen molar-refractivity contribution in [2.75, 3.05) is 24.8 Å². The molecule has 1 aliphatic heterocycles. The van der Waals surface area contributed by atoms with Crippen LogP contribution in [-0.2, 0) is 10.2 Å². The SMILES string of the molecule is CCOCN1CC2(CC2)c2ccc([N+](=O)[O-])cc21. The van der Waals surface area contributed by atoms with Gasteiger partial charge in [0.15, 0.2) is 0 Å². The normalized spacial score (nSPS) is 19.1. The van der Waals surface area contributed by atoms with Gasteiger partial charge in [-0.15, -0.1) is 0 Å². The maximum Gasteiger partial charge on any atom is 0.271 e. The lowest BCUT2D eigenvalue weighted by atomic mass is 9.98. The molecule has 96 valence electrons. The lowest BCUT2D eigenvalue weighted by Crippen LogP contribution is -2.27. The fraction of sp³-hybridized carbons (Fsp3) is 0.538. The number of rotatable bonds is 4. The van der Waals surface area contributed by atoms with Crippen molar-refractivity contribution in [3.8, 4) is 0 Å². The quantitative estimate of drug-likeness (QED) is 0.606. The third kappa shape index (κ3) is 1.66. The zero-order valence-corrected chi connectivity index (χ0v) is 10.4. The zero-order valence-electron chi connectivity index (χ0n) is 10.4. The molecule has 18 heavy (non-hydrogen) atoms. The predicted octanol–water partition coefficient (Wildman–Crippen LogP) is 2.44. The summed E-state index contributed by atoms with van der Waals surface area (Å²) in [5.41, 5.74) is 2.65. The van der Waals surface area contributed by atoms with E-state index in [1.807, 2.05) is 13.0 Å². The van der Waals surface area contributed by atoms with Crippen LogP contribution in [0.15, 0.2) is 18.2 Å². The number of nitro groups is 1. The van der Waals surface area contributed by atoms with Gasteiger partial charge in [0, 0.05) is 36.4 Å². The standard InChI is InChI=1S/C13H16N2O3/c1-2-18-9-14-8-13(5-6-13)11-4-3-10(15(16)17)7-12(11)14/h3-4,7H,2,5-6,8-9H2,1H3. The molecule has 2 aliphatic rings. The summed E-state index contributed by atoms with van der Waals surface area (Å²) in [4.78, 5) is 12.6. The molecule has 0 amide bonds. The summed E-state index contributed by atoms with van der Waals surface area (Å²) < 4.78 is 5.45. The summed E-state index contributed by atoms with van der Waals surface area (Å²) in [6, 6.07) is 5.22. The first kappa shape index (κ1) is 11.5. The van der Waals surface area contributed by atoms with E-state index in [0.29, 0.717) is 13.3 Å². The van der Waals surface area contributed by atoms with Gasteiger partial charge in [0.2, 0.25) is 0 Å². The van der Waals surface area contributed by atoms with E-state index in [9.17, 15) is 10.1 Å². The van der Waals surface area contributed by atoms with Crippen molar-refractivity contribution in [2.24, 2.45) is 0 Å². The summed E-state index contributed by atoms with van der Waals surface area (Å²) in [6.07, 6.45) is 2.36. The zero-order chi connectivity index (χ0) is 12.8. The molecule has 1 aromatic carbocycles. The number of non-ortho nitro benzene ring substituents is 1. The Balaban J connectivity index is 1.96. The fourth-order valence-corrected chi connectivity index (χ4v) is 2.77. The van der Waals surface area contributed by atoms with Crippen molar-refractivity contribution in [3.63, 3.8) is 0 Å². The summed E-state index contributed by atoms with van der Waals surface area (Å²) in [5.74, 6) is 0. The summed E-state index contributed by atoms with van der Waals surface area (Å²) in [6.45, 7) is 4.07. The lowest BCUT2D eigenvalue weighted by Gasteiger charge is -2.19. The first-order chi connectivity index (χ1) is 8.66. The molecule has 0 unspecified atom stereocenters. The minimum Gasteiger partial charge on any atom is -0.361 e. The molecular formula is C13H16N2O3. The molecule has 1 aliphatic carbocycles. The Morgan fingerprint density at radius 3 is 2.89 bits per heavy atom. The fourth-order valence-electron chi connectivity index (χ4n) is 2.77. The molecule has 0 N–H and O–H groups in total. The summed E-state index contributed by atoms with van der Waals surface area (Å²) >= 11 is 0. The van der Waals surface area contributed by atoms with E-state index < -0.39 is 0 Å². The van der Waals surface area contributed by atoms with Gasteiger partial charge in [0.1, 0.15) is 6.73 Å². The Bertz CT molecular complexity index is 497. The van der Waals surface area contributed by atoms with Crippen molar-refractivity contribution < 1.29 is 9.66 Å². The molecule has 5 nitrogen and oxygen atoms in total. The lowest BCUT2D eigenvalue weighted by molar-refractivity contribution is -0.384. The molecular weight excluding hydrogens is 232 g/mol. The number of hydrogen-bond donors (Lipinski definition) is 0. The Labute approximate surface area is 106 Å². The third-order valence-corrected chi connectivity index (χ3v) is 3.90. The van der Waals surface area contributed by atoms with Crippen molar-refractivity contribution in [3.05, 3.63) is 33.9 Å². The van der Waals surface area contributed by atoms with Gasteiger partial charge in [0.05, 0.1) is 4.92 Å². The number of ether oxygens (including phenoxy) is 1. The Hall–Kier alpha value is -1.62. The highest BCUT2D eigenvalue weighted by Crippen LogP contribution is 2.56. The van der Waals surface area contributed by atoms with Crippen LogP contribution in [0.5, 0.6) is 0 Å². The minimum atomic E-state index is -0.336. The van der Waals surface area contributed by atoms with Crippen LogP contribution in [-0.4, -0.2) is 24.8 Å². The van der Waals surface area contributed by atoms with Gasteiger partial charge in [0.25, 0.3) is 5.69 Å². The molecule has 0 atom stereocenters. The molecule has 3 rings (SSSR count). The average Bonchev–Trinajstić information content (AvgIpc) is 3.07. The number of nitro benzene ring substituents is 1. The van der Waals surface area contributed by atoms with Crippen LogP contribution in [0.4, 0.5) is 11.4 Å². The maximum absolute atomic E-state index is 10.9. The molecule has 1 spiro atoms. The van der Waals surface area contributed by atoms with E-state index in [1.165, 1.54) is 18.4 Å². The largest absolute Gasteiger partial charge is 0.361 e. The molecule has 1 saturated carbocycles. The number of anilines is 1. The van der Waals surface area contributed by atoms with Crippen LogP contribution in [0.25, 0.3) is 0 Å². The van der Waals surface area contributed by atoms with Gasteiger partial charge in [-0.2, -0.15) is 0 Å². The maximum atomic E-state index is 10.9. The van der Waals surface area contributed by atoms with Crippen LogP contribution in [0.3, 0.4) is 0 Å². The molecule has 0 aromatic heterocycles. The Morgan fingerprint density at radius 1 is 1.50 bits per heavy atom. The van der Waals surface area contributed by atoms with Crippen molar-refractivity contribution in [1.82, 2.24) is 0 Å². The highest BCUT2D eigenvalue weighted by Gasteiger charge is 2.51. The second-order valence-corrected chi connectivity index (χ2v) is 5.06. The van der Waals surface area contributed by atoms with Crippen molar-refractivity contribution in [2.45, 2.75) is 25.2 Å². The average molecular weight is 248 g/mol. The minimum absolute atomic E-state index is 0.160. The topological polar surface area (TPSA) is 55.6 Å². The number of nitrogens with zero attached hydrogens (tertiary/aromatic N) is 2. The van der Waals surface area contributed by atoms with Crippen LogP contribution in [0.2, 0.25) is 0 Å². The van der Waals surface area contributed by atoms with Crippen LogP contribution < -0.4 is 4.90 Å². The van der Waals surface area contributed by atoms with Gasteiger partial charge < -0.3 is 9.64 Å². The van der Waals surface area contributed by atoms with E-state index in [1.54, 1.807) is 12.1 Å². The monoisotopic (exact) mass is 248 g/mol. The number of fused-ring (bicyclic) bond motifs is 2. The van der Waals surface area contributed by atoms with Crippen molar-refractivity contribution >= 4 is 11.4 Å². The smallest absolute Gasteiger partial charge is 0.271 e. The van der Waals surface area contributed by atoms with E-state index >= 15 is 0 Å². The van der Waals surface area contributed by atoms with E-state index in [4.69, 9.17) is 4.74 Å². The Kier molecular flexibility index (Phi) is 2.52. The first-order valence-electron chi connectivity index (χ1n) is 6.28. The predicted molar refractivity (Wildman–Crippen MR) is 67.8 cm³/mol. The second kappa shape index (κ2) is 3.95. The van der Waals surface area contributed by atoms with Gasteiger partial charge in [-0.1, -0.05) is 0 Å².